The van der Waals surface area contributed by atoms with Crippen molar-refractivity contribution in [1.82, 2.24) is 0 Å². The maximum Gasteiger partial charge on any atom is 0.338 e. The molecule has 0 saturated carbocycles. The van der Waals surface area contributed by atoms with Crippen LogP contribution in [0.4, 0.5) is 0 Å². The van der Waals surface area contributed by atoms with Gasteiger partial charge in [-0.2, -0.15) is 0 Å². The number of benzene rings is 2. The second-order valence-corrected chi connectivity index (χ2v) is 11.8. The van der Waals surface area contributed by atoms with Gasteiger partial charge >= 0.3 is 11.9 Å². The largest absolute Gasteiger partial charge is 0.481 e. The van der Waals surface area contributed by atoms with Crippen molar-refractivity contribution in [2.24, 2.45) is 5.92 Å². The summed E-state index contributed by atoms with van der Waals surface area (Å²) in [6.45, 7) is 6.21. The predicted molar refractivity (Wildman–Crippen MR) is 110 cm³/mol. The summed E-state index contributed by atoms with van der Waals surface area (Å²) in [6, 6.07) is 18.9. The summed E-state index contributed by atoms with van der Waals surface area (Å²) in [5.74, 6) is -1.72. The number of allylic oxidation sites excluding steroid dienone is 1. The fourth-order valence-corrected chi connectivity index (χ4v) is 6.68. The molecule has 2 rings (SSSR count). The van der Waals surface area contributed by atoms with Crippen molar-refractivity contribution in [3.05, 3.63) is 78.4 Å². The molecule has 0 fully saturated rings. The van der Waals surface area contributed by atoms with Crippen molar-refractivity contribution >= 4 is 25.2 Å². The van der Waals surface area contributed by atoms with Gasteiger partial charge in [0, 0.05) is 0 Å². The number of aliphatic carboxylic acids is 1. The number of hydrogen-bond donors (Lipinski definition) is 1. The molecule has 4 nitrogen and oxygen atoms in total. The van der Waals surface area contributed by atoms with Crippen molar-refractivity contribution in [3.8, 4) is 0 Å². The van der Waals surface area contributed by atoms with Gasteiger partial charge < -0.3 is 9.84 Å². The predicted octanol–water partition coefficient (Wildman–Crippen LogP) is 4.11. The highest BCUT2D eigenvalue weighted by Gasteiger charge is 2.38. The Morgan fingerprint density at radius 1 is 1.04 bits per heavy atom. The number of carbonyl (C=O) groups excluding carboxylic acids is 1. The van der Waals surface area contributed by atoms with Crippen LogP contribution in [-0.2, 0) is 9.53 Å². The van der Waals surface area contributed by atoms with E-state index in [1.54, 1.807) is 37.3 Å². The Labute approximate surface area is 161 Å². The zero-order chi connectivity index (χ0) is 19.9. The van der Waals surface area contributed by atoms with Crippen molar-refractivity contribution in [2.75, 3.05) is 6.61 Å². The number of hydrogen-bond acceptors (Lipinski definition) is 3. The Balaban J connectivity index is 2.12. The van der Waals surface area contributed by atoms with E-state index in [1.807, 2.05) is 30.3 Å². The fraction of sp³-hybridized carbons (Fsp3) is 0.273. The lowest BCUT2D eigenvalue weighted by atomic mass is 10.1. The minimum atomic E-state index is -2.08. The lowest BCUT2D eigenvalue weighted by Crippen LogP contribution is -2.48. The maximum atomic E-state index is 12.0. The zero-order valence-electron chi connectivity index (χ0n) is 16.0. The second kappa shape index (κ2) is 9.32. The molecule has 0 saturated heterocycles. The van der Waals surface area contributed by atoms with Crippen LogP contribution in [0, 0.1) is 5.92 Å². The number of carboxylic acids is 1. The van der Waals surface area contributed by atoms with Crippen LogP contribution in [0.15, 0.2) is 72.8 Å². The van der Waals surface area contributed by atoms with Gasteiger partial charge in [0.1, 0.15) is 6.61 Å². The summed E-state index contributed by atoms with van der Waals surface area (Å²) in [4.78, 5) is 23.7. The van der Waals surface area contributed by atoms with E-state index in [0.717, 1.165) is 0 Å². The van der Waals surface area contributed by atoms with Crippen LogP contribution < -0.4 is 5.19 Å². The van der Waals surface area contributed by atoms with Crippen LogP contribution >= 0.6 is 0 Å². The number of carboxylic acid groups (broad SMARTS) is 1. The summed E-state index contributed by atoms with van der Waals surface area (Å²) in [6.07, 6.45) is 3.68. The average molecular weight is 383 g/mol. The van der Waals surface area contributed by atoms with Gasteiger partial charge in [-0.1, -0.05) is 85.9 Å². The molecule has 5 heteroatoms. The highest BCUT2D eigenvalue weighted by Crippen LogP contribution is 2.31. The molecule has 0 aliphatic heterocycles. The van der Waals surface area contributed by atoms with Crippen LogP contribution in [0.1, 0.15) is 17.3 Å². The lowest BCUT2D eigenvalue weighted by Gasteiger charge is -2.33. The SMILES string of the molecule is C[C@@H](C(=O)O)[C@@H](/C=C/COC(=O)c1ccccc1)[Si](C)(C)c1ccccc1. The molecule has 0 aromatic heterocycles. The smallest absolute Gasteiger partial charge is 0.338 e. The van der Waals surface area contributed by atoms with Crippen LogP contribution in [0.2, 0.25) is 18.6 Å². The van der Waals surface area contributed by atoms with Crippen LogP contribution in [0.3, 0.4) is 0 Å². The first-order chi connectivity index (χ1) is 12.8. The first-order valence-corrected chi connectivity index (χ1v) is 12.1. The number of carbonyl (C=O) groups is 2. The van der Waals surface area contributed by atoms with Crippen LogP contribution in [-0.4, -0.2) is 31.7 Å². The summed E-state index contributed by atoms with van der Waals surface area (Å²) in [5, 5.41) is 10.8. The van der Waals surface area contributed by atoms with E-state index < -0.39 is 20.0 Å². The molecule has 0 spiro atoms. The summed E-state index contributed by atoms with van der Waals surface area (Å²) >= 11 is 0. The Morgan fingerprint density at radius 2 is 1.59 bits per heavy atom. The van der Waals surface area contributed by atoms with Gasteiger partial charge in [0.05, 0.1) is 19.6 Å². The number of ether oxygens (including phenoxy) is 1. The molecule has 0 aliphatic carbocycles. The molecule has 1 N–H and O–H groups in total. The molecule has 0 bridgehead atoms. The van der Waals surface area contributed by atoms with Crippen molar-refractivity contribution in [3.63, 3.8) is 0 Å². The van der Waals surface area contributed by atoms with Crippen LogP contribution in [0.25, 0.3) is 0 Å². The van der Waals surface area contributed by atoms with Crippen LogP contribution in [0.5, 0.6) is 0 Å². The first kappa shape index (κ1) is 20.6. The standard InChI is InChI=1S/C22H26O4Si/c1-17(21(23)24)20(27(2,3)19-13-8-5-9-14-19)15-10-16-26-22(25)18-11-6-4-7-12-18/h4-15,17,20H,16H2,1-3H3,(H,23,24)/b15-10+/t17-,20-/m1/s1. The Bertz CT molecular complexity index is 784. The molecular weight excluding hydrogens is 356 g/mol. The molecule has 0 heterocycles. The summed E-state index contributed by atoms with van der Waals surface area (Å²) in [7, 11) is -2.08. The first-order valence-electron chi connectivity index (χ1n) is 9.01. The molecule has 0 aliphatic rings. The topological polar surface area (TPSA) is 63.6 Å². The molecule has 0 amide bonds. The molecule has 27 heavy (non-hydrogen) atoms. The van der Waals surface area contributed by atoms with E-state index in [-0.39, 0.29) is 18.1 Å². The van der Waals surface area contributed by atoms with Crippen molar-refractivity contribution in [2.45, 2.75) is 25.6 Å². The van der Waals surface area contributed by atoms with Crippen molar-refractivity contribution in [1.29, 1.82) is 0 Å². The molecule has 0 unspecified atom stereocenters. The Kier molecular flexibility index (Phi) is 7.13. The van der Waals surface area contributed by atoms with Gasteiger partial charge in [0.25, 0.3) is 0 Å². The van der Waals surface area contributed by atoms with Crippen molar-refractivity contribution < 1.29 is 19.4 Å². The van der Waals surface area contributed by atoms with Gasteiger partial charge in [-0.15, -0.1) is 0 Å². The van der Waals surface area contributed by atoms with E-state index in [0.29, 0.717) is 5.56 Å². The Morgan fingerprint density at radius 3 is 2.15 bits per heavy atom. The van der Waals surface area contributed by atoms with E-state index in [4.69, 9.17) is 4.74 Å². The third kappa shape index (κ3) is 5.40. The summed E-state index contributed by atoms with van der Waals surface area (Å²) < 4.78 is 5.28. The quantitative estimate of drug-likeness (QED) is 0.424. The fourth-order valence-electron chi connectivity index (χ4n) is 3.23. The van der Waals surface area contributed by atoms with Gasteiger partial charge in [-0.3, -0.25) is 4.79 Å². The lowest BCUT2D eigenvalue weighted by molar-refractivity contribution is -0.141. The van der Waals surface area contributed by atoms with Gasteiger partial charge in [0.2, 0.25) is 0 Å². The molecule has 2 atom stereocenters. The third-order valence-corrected chi connectivity index (χ3v) is 9.12. The monoisotopic (exact) mass is 382 g/mol. The average Bonchev–Trinajstić information content (AvgIpc) is 2.68. The number of esters is 1. The number of rotatable bonds is 8. The van der Waals surface area contributed by atoms with E-state index >= 15 is 0 Å². The maximum absolute atomic E-state index is 12.0. The zero-order valence-corrected chi connectivity index (χ0v) is 17.0. The van der Waals surface area contributed by atoms with Gasteiger partial charge in [-0.25, -0.2) is 4.79 Å². The minimum absolute atomic E-state index is 0.118. The van der Waals surface area contributed by atoms with E-state index in [1.165, 1.54) is 5.19 Å². The summed E-state index contributed by atoms with van der Waals surface area (Å²) in [5.41, 5.74) is 0.383. The molecule has 0 radical (unpaired) electrons. The Hall–Kier alpha value is -2.66. The highest BCUT2D eigenvalue weighted by atomic mass is 28.3. The molecular formula is C22H26O4Si. The highest BCUT2D eigenvalue weighted by molar-refractivity contribution is 6.91. The molecule has 142 valence electrons. The van der Waals surface area contributed by atoms with E-state index in [9.17, 15) is 14.7 Å². The molecule has 2 aromatic rings. The normalized spacial score (nSPS) is 13.9. The van der Waals surface area contributed by atoms with Gasteiger partial charge in [0.15, 0.2) is 0 Å². The van der Waals surface area contributed by atoms with E-state index in [2.05, 4.69) is 25.2 Å². The van der Waals surface area contributed by atoms with Gasteiger partial charge in [-0.05, 0) is 17.7 Å². The second-order valence-electron chi connectivity index (χ2n) is 7.13. The molecule has 2 aromatic carbocycles. The third-order valence-electron chi connectivity index (χ3n) is 4.94. The minimum Gasteiger partial charge on any atom is -0.481 e.